The van der Waals surface area contributed by atoms with Crippen LogP contribution in [0.25, 0.3) is 0 Å². The normalized spacial score (nSPS) is 24.0. The first-order valence-corrected chi connectivity index (χ1v) is 9.30. The summed E-state index contributed by atoms with van der Waals surface area (Å²) in [7, 11) is 0. The fourth-order valence-corrected chi connectivity index (χ4v) is 4.50. The van der Waals surface area contributed by atoms with Crippen molar-refractivity contribution in [1.29, 1.82) is 0 Å². The van der Waals surface area contributed by atoms with Crippen molar-refractivity contribution in [2.45, 2.75) is 71.4 Å². The molecule has 3 heterocycles. The fourth-order valence-electron chi connectivity index (χ4n) is 4.50. The van der Waals surface area contributed by atoms with E-state index in [9.17, 15) is 9.59 Å². The number of nitrogens with zero attached hydrogens (tertiary/aromatic N) is 1. The van der Waals surface area contributed by atoms with E-state index >= 15 is 0 Å². The first-order valence-electron chi connectivity index (χ1n) is 9.30. The number of fused-ring (bicyclic) bond motifs is 1. The van der Waals surface area contributed by atoms with Crippen LogP contribution in [0.4, 0.5) is 0 Å². The minimum Gasteiger partial charge on any atom is -0.354 e. The van der Waals surface area contributed by atoms with Crippen LogP contribution in [-0.4, -0.2) is 46.7 Å². The molecule has 24 heavy (non-hydrogen) atoms. The maximum Gasteiger partial charge on any atom is 0.268 e. The molecular formula is C19H29N3O2. The number of Topliss-reactive ketones (excluding diaryl/α,β-unsaturated/α-hetero) is 1. The SMILES string of the molecule is CCCc1c(C(=O)N[C@H]2CCN3CCCC[C@H]23)[nH]c(C)c1C(C)=O. The van der Waals surface area contributed by atoms with Gasteiger partial charge < -0.3 is 10.3 Å². The number of hydrogen-bond donors (Lipinski definition) is 2. The van der Waals surface area contributed by atoms with Gasteiger partial charge in [-0.2, -0.15) is 0 Å². The summed E-state index contributed by atoms with van der Waals surface area (Å²) in [6.45, 7) is 7.78. The molecule has 1 aromatic rings. The van der Waals surface area contributed by atoms with E-state index < -0.39 is 0 Å². The molecule has 2 fully saturated rings. The molecule has 1 amide bonds. The lowest BCUT2D eigenvalue weighted by atomic mass is 9.98. The lowest BCUT2D eigenvalue weighted by Crippen LogP contribution is -2.47. The maximum absolute atomic E-state index is 12.9. The highest BCUT2D eigenvalue weighted by Crippen LogP contribution is 2.28. The summed E-state index contributed by atoms with van der Waals surface area (Å²) >= 11 is 0. The van der Waals surface area contributed by atoms with E-state index in [1.54, 1.807) is 6.92 Å². The van der Waals surface area contributed by atoms with Crippen LogP contribution in [0.5, 0.6) is 0 Å². The average molecular weight is 331 g/mol. The fraction of sp³-hybridized carbons (Fsp3) is 0.684. The summed E-state index contributed by atoms with van der Waals surface area (Å²) in [4.78, 5) is 30.6. The van der Waals surface area contributed by atoms with Crippen LogP contribution in [0.15, 0.2) is 0 Å². The van der Waals surface area contributed by atoms with E-state index in [0.717, 1.165) is 43.6 Å². The summed E-state index contributed by atoms with van der Waals surface area (Å²) < 4.78 is 0. The van der Waals surface area contributed by atoms with Crippen LogP contribution in [0.2, 0.25) is 0 Å². The first-order chi connectivity index (χ1) is 11.5. The molecule has 0 bridgehead atoms. The summed E-state index contributed by atoms with van der Waals surface area (Å²) in [5, 5.41) is 3.25. The number of aromatic nitrogens is 1. The van der Waals surface area contributed by atoms with Gasteiger partial charge >= 0.3 is 0 Å². The lowest BCUT2D eigenvalue weighted by Gasteiger charge is -2.32. The number of carbonyl (C=O) groups is 2. The second kappa shape index (κ2) is 7.09. The Labute approximate surface area is 144 Å². The third-order valence-corrected chi connectivity index (χ3v) is 5.54. The lowest BCUT2D eigenvalue weighted by molar-refractivity contribution is 0.0909. The monoisotopic (exact) mass is 331 g/mol. The molecule has 2 N–H and O–H groups in total. The zero-order chi connectivity index (χ0) is 17.3. The first kappa shape index (κ1) is 17.2. The Morgan fingerprint density at radius 3 is 2.75 bits per heavy atom. The maximum atomic E-state index is 12.9. The number of aryl methyl sites for hydroxylation is 1. The Hall–Kier alpha value is -1.62. The second-order valence-electron chi connectivity index (χ2n) is 7.25. The number of piperidine rings is 1. The predicted molar refractivity (Wildman–Crippen MR) is 94.6 cm³/mol. The third kappa shape index (κ3) is 3.14. The second-order valence-corrected chi connectivity index (χ2v) is 7.25. The van der Waals surface area contributed by atoms with E-state index in [2.05, 4.69) is 22.1 Å². The van der Waals surface area contributed by atoms with Gasteiger partial charge in [0.25, 0.3) is 5.91 Å². The number of rotatable bonds is 5. The van der Waals surface area contributed by atoms with Gasteiger partial charge in [-0.1, -0.05) is 19.8 Å². The number of hydrogen-bond acceptors (Lipinski definition) is 3. The van der Waals surface area contributed by atoms with Gasteiger partial charge in [0.1, 0.15) is 5.69 Å². The molecule has 0 aromatic carbocycles. The molecule has 1 aromatic heterocycles. The molecule has 0 radical (unpaired) electrons. The molecule has 0 spiro atoms. The van der Waals surface area contributed by atoms with Crippen molar-refractivity contribution in [3.8, 4) is 0 Å². The van der Waals surface area contributed by atoms with E-state index in [0.29, 0.717) is 17.3 Å². The molecule has 132 valence electrons. The van der Waals surface area contributed by atoms with Crippen molar-refractivity contribution in [2.24, 2.45) is 0 Å². The molecule has 2 saturated heterocycles. The van der Waals surface area contributed by atoms with Crippen molar-refractivity contribution in [1.82, 2.24) is 15.2 Å². The van der Waals surface area contributed by atoms with Crippen molar-refractivity contribution >= 4 is 11.7 Å². The van der Waals surface area contributed by atoms with Gasteiger partial charge in [0.05, 0.1) is 0 Å². The van der Waals surface area contributed by atoms with E-state index in [4.69, 9.17) is 0 Å². The van der Waals surface area contributed by atoms with Crippen LogP contribution in [0, 0.1) is 6.92 Å². The minimum atomic E-state index is -0.0496. The molecule has 2 aliphatic rings. The highest BCUT2D eigenvalue weighted by molar-refractivity contribution is 6.02. The molecule has 0 aliphatic carbocycles. The third-order valence-electron chi connectivity index (χ3n) is 5.54. The van der Waals surface area contributed by atoms with Crippen molar-refractivity contribution in [2.75, 3.05) is 13.1 Å². The zero-order valence-corrected chi connectivity index (χ0v) is 15.1. The van der Waals surface area contributed by atoms with Gasteiger partial charge in [0.2, 0.25) is 0 Å². The molecule has 0 saturated carbocycles. The molecule has 5 nitrogen and oxygen atoms in total. The quantitative estimate of drug-likeness (QED) is 0.816. The van der Waals surface area contributed by atoms with Crippen LogP contribution >= 0.6 is 0 Å². The van der Waals surface area contributed by atoms with Crippen LogP contribution in [0.1, 0.15) is 78.1 Å². The summed E-state index contributed by atoms with van der Waals surface area (Å²) in [5.74, 6) is -0.0166. The Morgan fingerprint density at radius 2 is 2.04 bits per heavy atom. The zero-order valence-electron chi connectivity index (χ0n) is 15.1. The number of nitrogens with one attached hydrogen (secondary N) is 2. The molecule has 2 atom stereocenters. The molecule has 3 rings (SSSR count). The van der Waals surface area contributed by atoms with Crippen molar-refractivity contribution in [3.63, 3.8) is 0 Å². The predicted octanol–water partition coefficient (Wildman–Crippen LogP) is 2.83. The molecule has 5 heteroatoms. The highest BCUT2D eigenvalue weighted by Gasteiger charge is 2.37. The summed E-state index contributed by atoms with van der Waals surface area (Å²) in [6, 6.07) is 0.720. The van der Waals surface area contributed by atoms with Crippen molar-refractivity contribution < 1.29 is 9.59 Å². The van der Waals surface area contributed by atoms with Crippen LogP contribution < -0.4 is 5.32 Å². The van der Waals surface area contributed by atoms with E-state index in [-0.39, 0.29) is 17.7 Å². The summed E-state index contributed by atoms with van der Waals surface area (Å²) in [5.41, 5.74) is 2.99. The Balaban J connectivity index is 1.80. The van der Waals surface area contributed by atoms with Crippen LogP contribution in [0.3, 0.4) is 0 Å². The summed E-state index contributed by atoms with van der Waals surface area (Å²) in [6.07, 6.45) is 6.40. The Kier molecular flexibility index (Phi) is 5.09. The smallest absolute Gasteiger partial charge is 0.268 e. The number of ketones is 1. The molecule has 2 aliphatic heterocycles. The van der Waals surface area contributed by atoms with E-state index in [1.807, 2.05) is 6.92 Å². The Morgan fingerprint density at radius 1 is 1.25 bits per heavy atom. The standard InChI is InChI=1S/C19H29N3O2/c1-4-7-14-17(13(3)23)12(2)20-18(14)19(24)21-15-9-11-22-10-6-5-8-16(15)22/h15-16,20H,4-11H2,1-3H3,(H,21,24)/t15-,16+/m0/s1. The average Bonchev–Trinajstić information content (AvgIpc) is 3.09. The van der Waals surface area contributed by atoms with Gasteiger partial charge in [-0.05, 0) is 51.6 Å². The van der Waals surface area contributed by atoms with Crippen molar-refractivity contribution in [3.05, 3.63) is 22.5 Å². The minimum absolute atomic E-state index is 0.0329. The van der Waals surface area contributed by atoms with E-state index in [1.165, 1.54) is 19.3 Å². The van der Waals surface area contributed by atoms with Gasteiger partial charge in [0, 0.05) is 29.9 Å². The molecule has 0 unspecified atom stereocenters. The van der Waals surface area contributed by atoms with Gasteiger partial charge in [-0.3, -0.25) is 14.5 Å². The van der Waals surface area contributed by atoms with Gasteiger partial charge in [-0.25, -0.2) is 0 Å². The highest BCUT2D eigenvalue weighted by atomic mass is 16.2. The van der Waals surface area contributed by atoms with Crippen LogP contribution in [-0.2, 0) is 6.42 Å². The topological polar surface area (TPSA) is 65.2 Å². The molecular weight excluding hydrogens is 302 g/mol. The largest absolute Gasteiger partial charge is 0.354 e. The number of amides is 1. The van der Waals surface area contributed by atoms with Gasteiger partial charge in [0.15, 0.2) is 5.78 Å². The Bertz CT molecular complexity index is 635. The van der Waals surface area contributed by atoms with Gasteiger partial charge in [-0.15, -0.1) is 0 Å². The number of aromatic amines is 1. The number of carbonyl (C=O) groups excluding carboxylic acids is 2. The number of H-pyrrole nitrogens is 1.